The molecular weight excluding hydrogens is 322 g/mol. The van der Waals surface area contributed by atoms with Gasteiger partial charge in [0, 0.05) is 11.0 Å². The van der Waals surface area contributed by atoms with Gasteiger partial charge in [0.15, 0.2) is 5.84 Å². The summed E-state index contributed by atoms with van der Waals surface area (Å²) in [5.74, 6) is -0.277. The van der Waals surface area contributed by atoms with Gasteiger partial charge in [-0.25, -0.2) is 0 Å². The average Bonchev–Trinajstić information content (AvgIpc) is 2.47. The van der Waals surface area contributed by atoms with Crippen molar-refractivity contribution in [2.24, 2.45) is 16.3 Å². The van der Waals surface area contributed by atoms with Crippen molar-refractivity contribution in [3.05, 3.63) is 34.3 Å². The van der Waals surface area contributed by atoms with Crippen LogP contribution < -0.4 is 11.1 Å². The molecule has 1 rings (SSSR count). The van der Waals surface area contributed by atoms with Crippen LogP contribution in [0.1, 0.15) is 32.3 Å². The van der Waals surface area contributed by atoms with E-state index in [4.69, 9.17) is 10.9 Å². The van der Waals surface area contributed by atoms with E-state index in [0.29, 0.717) is 19.4 Å². The van der Waals surface area contributed by atoms with Gasteiger partial charge in [-0.1, -0.05) is 53.1 Å². The van der Waals surface area contributed by atoms with Gasteiger partial charge in [-0.15, -0.1) is 0 Å². The topological polar surface area (TPSA) is 87.7 Å². The minimum atomic E-state index is -0.962. The molecule has 0 bridgehead atoms. The van der Waals surface area contributed by atoms with Crippen molar-refractivity contribution in [1.82, 2.24) is 5.32 Å². The van der Waals surface area contributed by atoms with Gasteiger partial charge in [0.2, 0.25) is 5.91 Å². The van der Waals surface area contributed by atoms with Crippen LogP contribution in [0.25, 0.3) is 0 Å². The van der Waals surface area contributed by atoms with Gasteiger partial charge in [0.05, 0.1) is 0 Å². The highest BCUT2D eigenvalue weighted by atomic mass is 79.9. The van der Waals surface area contributed by atoms with Crippen LogP contribution in [-0.4, -0.2) is 17.0 Å². The lowest BCUT2D eigenvalue weighted by Crippen LogP contribution is -2.49. The minimum Gasteiger partial charge on any atom is -0.409 e. The Kier molecular flexibility index (Phi) is 6.01. The van der Waals surface area contributed by atoms with E-state index in [1.807, 2.05) is 38.1 Å². The first-order valence-electron chi connectivity index (χ1n) is 6.51. The van der Waals surface area contributed by atoms with Gasteiger partial charge in [-0.2, -0.15) is 0 Å². The number of carbonyl (C=O) groups is 1. The summed E-state index contributed by atoms with van der Waals surface area (Å²) in [6.45, 7) is 4.08. The van der Waals surface area contributed by atoms with Crippen molar-refractivity contribution in [1.29, 1.82) is 0 Å². The maximum Gasteiger partial charge on any atom is 0.234 e. The number of halogens is 1. The van der Waals surface area contributed by atoms with Crippen LogP contribution in [0.3, 0.4) is 0 Å². The number of amides is 1. The Hall–Kier alpha value is -1.56. The van der Waals surface area contributed by atoms with Crippen LogP contribution in [0.5, 0.6) is 0 Å². The predicted octanol–water partition coefficient (Wildman–Crippen LogP) is 2.62. The molecule has 5 nitrogen and oxygen atoms in total. The first-order valence-corrected chi connectivity index (χ1v) is 7.30. The first kappa shape index (κ1) is 16.5. The molecule has 0 aromatic heterocycles. The molecule has 0 aliphatic rings. The van der Waals surface area contributed by atoms with Crippen LogP contribution in [0, 0.1) is 5.41 Å². The van der Waals surface area contributed by atoms with Gasteiger partial charge >= 0.3 is 0 Å². The molecule has 0 aliphatic heterocycles. The smallest absolute Gasteiger partial charge is 0.234 e. The average molecular weight is 342 g/mol. The van der Waals surface area contributed by atoms with Crippen molar-refractivity contribution >= 4 is 27.7 Å². The summed E-state index contributed by atoms with van der Waals surface area (Å²) in [6, 6.07) is 7.65. The second-order valence-corrected chi connectivity index (χ2v) is 5.40. The van der Waals surface area contributed by atoms with Gasteiger partial charge in [-0.3, -0.25) is 4.79 Å². The highest BCUT2D eigenvalue weighted by Crippen LogP contribution is 2.27. The molecule has 1 amide bonds. The number of oxime groups is 1. The van der Waals surface area contributed by atoms with E-state index in [1.54, 1.807) is 0 Å². The van der Waals surface area contributed by atoms with Gasteiger partial charge in [0.25, 0.3) is 0 Å². The second-order valence-electron chi connectivity index (χ2n) is 4.55. The molecule has 20 heavy (non-hydrogen) atoms. The minimum absolute atomic E-state index is 0.0490. The summed E-state index contributed by atoms with van der Waals surface area (Å²) < 4.78 is 0.933. The van der Waals surface area contributed by atoms with E-state index in [1.165, 1.54) is 0 Å². The summed E-state index contributed by atoms with van der Waals surface area (Å²) in [4.78, 5) is 12.4. The molecule has 0 fully saturated rings. The van der Waals surface area contributed by atoms with Crippen molar-refractivity contribution in [3.8, 4) is 0 Å². The Morgan fingerprint density at radius 2 is 2.00 bits per heavy atom. The number of nitrogens with two attached hydrogens (primary N) is 1. The third-order valence-corrected chi connectivity index (χ3v) is 4.41. The van der Waals surface area contributed by atoms with Crippen LogP contribution >= 0.6 is 15.9 Å². The predicted molar refractivity (Wildman–Crippen MR) is 82.4 cm³/mol. The number of rotatable bonds is 6. The van der Waals surface area contributed by atoms with E-state index in [-0.39, 0.29) is 11.7 Å². The zero-order valence-electron chi connectivity index (χ0n) is 11.7. The molecule has 0 atom stereocenters. The number of carbonyl (C=O) groups excluding carboxylic acids is 1. The van der Waals surface area contributed by atoms with Crippen molar-refractivity contribution in [2.45, 2.75) is 33.2 Å². The number of hydrogen-bond acceptors (Lipinski definition) is 3. The van der Waals surface area contributed by atoms with E-state index in [2.05, 4.69) is 26.4 Å². The fraction of sp³-hybridized carbons (Fsp3) is 0.429. The number of benzene rings is 1. The van der Waals surface area contributed by atoms with Crippen LogP contribution in [0.4, 0.5) is 0 Å². The lowest BCUT2D eigenvalue weighted by molar-refractivity contribution is -0.128. The van der Waals surface area contributed by atoms with Crippen LogP contribution in [0.15, 0.2) is 33.9 Å². The monoisotopic (exact) mass is 341 g/mol. The summed E-state index contributed by atoms with van der Waals surface area (Å²) in [5, 5.41) is 14.8. The van der Waals surface area contributed by atoms with Crippen LogP contribution in [0.2, 0.25) is 0 Å². The fourth-order valence-corrected chi connectivity index (χ4v) is 2.56. The number of amidine groups is 1. The number of nitrogens with zero attached hydrogens (tertiary/aromatic N) is 1. The molecule has 110 valence electrons. The molecule has 0 radical (unpaired) electrons. The third-order valence-electron chi connectivity index (χ3n) is 3.64. The van der Waals surface area contributed by atoms with E-state index in [9.17, 15) is 4.79 Å². The lowest BCUT2D eigenvalue weighted by Gasteiger charge is -2.28. The Balaban J connectivity index is 2.86. The molecule has 0 unspecified atom stereocenters. The normalized spacial score (nSPS) is 12.2. The van der Waals surface area contributed by atoms with Crippen molar-refractivity contribution < 1.29 is 10.0 Å². The molecule has 0 aliphatic carbocycles. The number of nitrogens with one attached hydrogen (secondary N) is 1. The summed E-state index contributed by atoms with van der Waals surface area (Å²) in [6.07, 6.45) is 0.947. The Labute approximate surface area is 127 Å². The maximum atomic E-state index is 12.4. The molecule has 4 N–H and O–H groups in total. The zero-order chi connectivity index (χ0) is 15.2. The highest BCUT2D eigenvalue weighted by molar-refractivity contribution is 9.10. The quantitative estimate of drug-likeness (QED) is 0.321. The second kappa shape index (κ2) is 7.28. The molecule has 0 heterocycles. The summed E-state index contributed by atoms with van der Waals surface area (Å²) in [7, 11) is 0. The Morgan fingerprint density at radius 3 is 2.50 bits per heavy atom. The van der Waals surface area contributed by atoms with Crippen molar-refractivity contribution in [3.63, 3.8) is 0 Å². The van der Waals surface area contributed by atoms with E-state index < -0.39 is 5.41 Å². The Bertz CT molecular complexity index is 499. The fourth-order valence-electron chi connectivity index (χ4n) is 2.13. The first-order chi connectivity index (χ1) is 9.51. The van der Waals surface area contributed by atoms with Gasteiger partial charge in [-0.05, 0) is 24.5 Å². The van der Waals surface area contributed by atoms with Crippen LogP contribution in [-0.2, 0) is 11.3 Å². The SMILES string of the molecule is CCC(CC)(C(=O)NCc1ccccc1Br)C(N)=NO. The lowest BCUT2D eigenvalue weighted by atomic mass is 9.80. The van der Waals surface area contributed by atoms with E-state index >= 15 is 0 Å². The molecule has 0 saturated heterocycles. The largest absolute Gasteiger partial charge is 0.409 e. The maximum absolute atomic E-state index is 12.4. The standard InChI is InChI=1S/C14H20BrN3O2/c1-3-14(4-2,12(16)18-20)13(19)17-9-10-7-5-6-8-11(10)15/h5-8,20H,3-4,9H2,1-2H3,(H2,16,18)(H,17,19). The van der Waals surface area contributed by atoms with Gasteiger partial charge in [0.1, 0.15) is 5.41 Å². The molecule has 1 aromatic rings. The van der Waals surface area contributed by atoms with Crippen molar-refractivity contribution in [2.75, 3.05) is 0 Å². The summed E-state index contributed by atoms with van der Waals surface area (Å²) >= 11 is 3.43. The molecular formula is C14H20BrN3O2. The molecule has 0 saturated carbocycles. The third kappa shape index (κ3) is 3.30. The van der Waals surface area contributed by atoms with Gasteiger partial charge < -0.3 is 16.3 Å². The molecule has 1 aromatic carbocycles. The number of hydrogen-bond donors (Lipinski definition) is 3. The summed E-state index contributed by atoms with van der Waals surface area (Å²) in [5.41, 5.74) is 5.71. The zero-order valence-corrected chi connectivity index (χ0v) is 13.3. The molecule has 6 heteroatoms. The molecule has 0 spiro atoms. The van der Waals surface area contributed by atoms with E-state index in [0.717, 1.165) is 10.0 Å². The highest BCUT2D eigenvalue weighted by Gasteiger charge is 2.39. The Morgan fingerprint density at radius 1 is 1.40 bits per heavy atom.